The molecule has 1 aromatic carbocycles. The molecule has 7 heteroatoms. The Balaban J connectivity index is 2.02. The normalized spacial score (nSPS) is 10.3. The standard InChI is InChI=1S/C11H8Cl2N2O3/c12-8-2-1-7(5-9(8)13)18-6-15-4-3-10(14-15)11(16)17/h1-5H,6H2,(H,16,17). The maximum absolute atomic E-state index is 10.6. The van der Waals surface area contributed by atoms with E-state index in [-0.39, 0.29) is 12.4 Å². The number of rotatable bonds is 4. The Bertz CT molecular complexity index is 583. The predicted octanol–water partition coefficient (Wildman–Crippen LogP) is 2.92. The molecular formula is C11H8Cl2N2O3. The fourth-order valence-corrected chi connectivity index (χ4v) is 1.54. The van der Waals surface area contributed by atoms with Crippen LogP contribution in [-0.4, -0.2) is 20.9 Å². The molecule has 2 rings (SSSR count). The number of hydrogen-bond acceptors (Lipinski definition) is 3. The molecule has 5 nitrogen and oxygen atoms in total. The number of ether oxygens (including phenoxy) is 1. The number of halogens is 2. The Hall–Kier alpha value is -1.72. The van der Waals surface area contributed by atoms with Crippen LogP contribution in [0.1, 0.15) is 10.5 Å². The maximum atomic E-state index is 10.6. The fraction of sp³-hybridized carbons (Fsp3) is 0.0909. The fourth-order valence-electron chi connectivity index (χ4n) is 1.25. The predicted molar refractivity (Wildman–Crippen MR) is 66.3 cm³/mol. The Morgan fingerprint density at radius 3 is 2.72 bits per heavy atom. The van der Waals surface area contributed by atoms with E-state index in [0.717, 1.165) is 0 Å². The molecule has 0 saturated heterocycles. The first-order chi connectivity index (χ1) is 8.56. The number of benzene rings is 1. The zero-order valence-corrected chi connectivity index (χ0v) is 10.5. The van der Waals surface area contributed by atoms with Crippen molar-refractivity contribution < 1.29 is 14.6 Å². The van der Waals surface area contributed by atoms with E-state index < -0.39 is 5.97 Å². The zero-order valence-electron chi connectivity index (χ0n) is 9.01. The van der Waals surface area contributed by atoms with E-state index in [1.54, 1.807) is 18.2 Å². The third kappa shape index (κ3) is 2.94. The topological polar surface area (TPSA) is 64.3 Å². The van der Waals surface area contributed by atoms with Crippen LogP contribution in [0.4, 0.5) is 0 Å². The third-order valence-electron chi connectivity index (χ3n) is 2.11. The number of carboxylic acids is 1. The van der Waals surface area contributed by atoms with Gasteiger partial charge in [-0.2, -0.15) is 5.10 Å². The van der Waals surface area contributed by atoms with Gasteiger partial charge in [-0.1, -0.05) is 23.2 Å². The average Bonchev–Trinajstić information content (AvgIpc) is 2.79. The van der Waals surface area contributed by atoms with Crippen LogP contribution >= 0.6 is 23.2 Å². The van der Waals surface area contributed by atoms with Crippen LogP contribution in [0.5, 0.6) is 5.75 Å². The summed E-state index contributed by atoms with van der Waals surface area (Å²) in [6, 6.07) is 6.24. The van der Waals surface area contributed by atoms with E-state index in [1.807, 2.05) is 0 Å². The first-order valence-electron chi connectivity index (χ1n) is 4.91. The van der Waals surface area contributed by atoms with E-state index >= 15 is 0 Å². The number of carboxylic acid groups (broad SMARTS) is 1. The minimum absolute atomic E-state index is 0.0345. The van der Waals surface area contributed by atoms with Gasteiger partial charge in [0, 0.05) is 12.3 Å². The molecule has 1 heterocycles. The lowest BCUT2D eigenvalue weighted by molar-refractivity contribution is 0.0688. The quantitative estimate of drug-likeness (QED) is 0.939. The van der Waals surface area contributed by atoms with Crippen LogP contribution in [0.2, 0.25) is 10.0 Å². The minimum atomic E-state index is -1.08. The maximum Gasteiger partial charge on any atom is 0.356 e. The van der Waals surface area contributed by atoms with Gasteiger partial charge >= 0.3 is 5.97 Å². The minimum Gasteiger partial charge on any atom is -0.476 e. The van der Waals surface area contributed by atoms with Crippen LogP contribution < -0.4 is 4.74 Å². The van der Waals surface area contributed by atoms with Gasteiger partial charge in [0.15, 0.2) is 12.4 Å². The summed E-state index contributed by atoms with van der Waals surface area (Å²) in [6.45, 7) is 0.0885. The van der Waals surface area contributed by atoms with Crippen molar-refractivity contribution in [3.05, 3.63) is 46.2 Å². The molecule has 2 aromatic rings. The van der Waals surface area contributed by atoms with E-state index in [0.29, 0.717) is 15.8 Å². The van der Waals surface area contributed by atoms with Crippen molar-refractivity contribution in [1.29, 1.82) is 0 Å². The SMILES string of the molecule is O=C(O)c1ccn(COc2ccc(Cl)c(Cl)c2)n1. The zero-order chi connectivity index (χ0) is 13.1. The molecule has 18 heavy (non-hydrogen) atoms. The molecule has 0 aliphatic carbocycles. The van der Waals surface area contributed by atoms with Crippen molar-refractivity contribution in [2.45, 2.75) is 6.73 Å². The Kier molecular flexibility index (Phi) is 3.74. The molecular weight excluding hydrogens is 279 g/mol. The summed E-state index contributed by atoms with van der Waals surface area (Å²) in [7, 11) is 0. The average molecular weight is 287 g/mol. The first-order valence-corrected chi connectivity index (χ1v) is 5.66. The lowest BCUT2D eigenvalue weighted by atomic mass is 10.3. The Morgan fingerprint density at radius 1 is 1.33 bits per heavy atom. The highest BCUT2D eigenvalue weighted by atomic mass is 35.5. The van der Waals surface area contributed by atoms with Gasteiger partial charge in [-0.05, 0) is 18.2 Å². The number of aromatic carboxylic acids is 1. The third-order valence-corrected chi connectivity index (χ3v) is 2.85. The van der Waals surface area contributed by atoms with Crippen molar-refractivity contribution in [1.82, 2.24) is 9.78 Å². The molecule has 0 aliphatic heterocycles. The molecule has 0 saturated carbocycles. The molecule has 1 N–H and O–H groups in total. The smallest absolute Gasteiger partial charge is 0.356 e. The second-order valence-electron chi connectivity index (χ2n) is 3.39. The molecule has 94 valence electrons. The molecule has 0 radical (unpaired) electrons. The van der Waals surface area contributed by atoms with Gasteiger partial charge in [-0.15, -0.1) is 0 Å². The molecule has 0 bridgehead atoms. The van der Waals surface area contributed by atoms with Crippen LogP contribution in [-0.2, 0) is 6.73 Å². The monoisotopic (exact) mass is 286 g/mol. The summed E-state index contributed by atoms with van der Waals surface area (Å²) in [5, 5.41) is 13.3. The lowest BCUT2D eigenvalue weighted by Gasteiger charge is -2.06. The van der Waals surface area contributed by atoms with Crippen molar-refractivity contribution in [3.63, 3.8) is 0 Å². The summed E-state index contributed by atoms with van der Waals surface area (Å²) in [5.41, 5.74) is -0.0345. The number of hydrogen-bond donors (Lipinski definition) is 1. The summed E-state index contributed by atoms with van der Waals surface area (Å²) < 4.78 is 6.75. The van der Waals surface area contributed by atoms with Crippen molar-refractivity contribution >= 4 is 29.2 Å². The highest BCUT2D eigenvalue weighted by Crippen LogP contribution is 2.26. The molecule has 1 aromatic heterocycles. The van der Waals surface area contributed by atoms with Gasteiger partial charge in [0.05, 0.1) is 10.0 Å². The molecule has 0 spiro atoms. The summed E-state index contributed by atoms with van der Waals surface area (Å²) in [5.74, 6) is -0.555. The largest absolute Gasteiger partial charge is 0.476 e. The van der Waals surface area contributed by atoms with Gasteiger partial charge < -0.3 is 9.84 Å². The van der Waals surface area contributed by atoms with Crippen molar-refractivity contribution in [2.24, 2.45) is 0 Å². The summed E-state index contributed by atoms with van der Waals surface area (Å²) in [6.07, 6.45) is 1.51. The highest BCUT2D eigenvalue weighted by Gasteiger charge is 2.07. The van der Waals surface area contributed by atoms with E-state index in [9.17, 15) is 4.79 Å². The molecule has 0 unspecified atom stereocenters. The number of aromatic nitrogens is 2. The number of nitrogens with zero attached hydrogens (tertiary/aromatic N) is 2. The molecule has 0 aliphatic rings. The van der Waals surface area contributed by atoms with E-state index in [4.69, 9.17) is 33.0 Å². The van der Waals surface area contributed by atoms with Crippen LogP contribution in [0.3, 0.4) is 0 Å². The van der Waals surface area contributed by atoms with Crippen LogP contribution in [0.15, 0.2) is 30.5 Å². The summed E-state index contributed by atoms with van der Waals surface area (Å²) in [4.78, 5) is 10.6. The van der Waals surface area contributed by atoms with Crippen molar-refractivity contribution in [3.8, 4) is 5.75 Å². The Morgan fingerprint density at radius 2 is 2.11 bits per heavy atom. The van der Waals surface area contributed by atoms with Gasteiger partial charge in [-0.25, -0.2) is 9.48 Å². The lowest BCUT2D eigenvalue weighted by Crippen LogP contribution is -2.07. The van der Waals surface area contributed by atoms with Gasteiger partial charge in [0.1, 0.15) is 5.75 Å². The van der Waals surface area contributed by atoms with Gasteiger partial charge in [0.25, 0.3) is 0 Å². The summed E-state index contributed by atoms with van der Waals surface area (Å²) >= 11 is 11.6. The Labute approximate surface area is 113 Å². The second kappa shape index (κ2) is 5.29. The highest BCUT2D eigenvalue weighted by molar-refractivity contribution is 6.42. The molecule has 0 amide bonds. The van der Waals surface area contributed by atoms with Gasteiger partial charge in [0.2, 0.25) is 0 Å². The van der Waals surface area contributed by atoms with Crippen LogP contribution in [0, 0.1) is 0 Å². The van der Waals surface area contributed by atoms with Crippen molar-refractivity contribution in [2.75, 3.05) is 0 Å². The van der Waals surface area contributed by atoms with E-state index in [2.05, 4.69) is 5.10 Å². The van der Waals surface area contributed by atoms with Crippen LogP contribution in [0.25, 0.3) is 0 Å². The van der Waals surface area contributed by atoms with Gasteiger partial charge in [-0.3, -0.25) is 0 Å². The second-order valence-corrected chi connectivity index (χ2v) is 4.21. The first kappa shape index (κ1) is 12.7. The number of carbonyl (C=O) groups is 1. The molecule has 0 atom stereocenters. The molecule has 0 fully saturated rings. The van der Waals surface area contributed by atoms with E-state index in [1.165, 1.54) is 16.9 Å².